The maximum atomic E-state index is 2.99. The van der Waals surface area contributed by atoms with Gasteiger partial charge in [0.05, 0.1) is 0 Å². The fraction of sp³-hybridized carbons (Fsp3) is 0.250. The molecule has 2 aliphatic rings. The van der Waals surface area contributed by atoms with E-state index in [1.165, 1.54) is 24.0 Å². The van der Waals surface area contributed by atoms with Gasteiger partial charge < -0.3 is 37.2 Å². The van der Waals surface area contributed by atoms with Gasteiger partial charge in [-0.25, -0.2) is 12.2 Å². The predicted octanol–water partition coefficient (Wildman–Crippen LogP) is -4.65. The van der Waals surface area contributed by atoms with Gasteiger partial charge in [-0.2, -0.15) is 6.08 Å². The fourth-order valence-electron chi connectivity index (χ4n) is 1.92. The van der Waals surface area contributed by atoms with E-state index < -0.39 is 0 Å². The summed E-state index contributed by atoms with van der Waals surface area (Å²) in [5.41, 5.74) is 4.47. The molecule has 2 aliphatic carbocycles. The molecule has 4 heteroatoms. The topological polar surface area (TPSA) is 0 Å². The van der Waals surface area contributed by atoms with E-state index in [2.05, 4.69) is 49.4 Å². The molecule has 0 radical (unpaired) electrons. The van der Waals surface area contributed by atoms with Gasteiger partial charge in [-0.1, -0.05) is 42.8 Å². The van der Waals surface area contributed by atoms with E-state index in [1.54, 1.807) is 5.57 Å². The van der Waals surface area contributed by atoms with Gasteiger partial charge in [0.1, 0.15) is 0 Å². The molecule has 0 aliphatic heterocycles. The molecular weight excluding hydrogens is 390 g/mol. The molecule has 0 saturated carbocycles. The molecule has 0 heterocycles. The van der Waals surface area contributed by atoms with Gasteiger partial charge >= 0.3 is 26.2 Å². The number of hydrogen-bond donors (Lipinski definition) is 0. The maximum Gasteiger partial charge on any atom is 4.00 e. The third-order valence-electron chi connectivity index (χ3n) is 2.87. The predicted molar refractivity (Wildman–Crippen MR) is 70.0 cm³/mol. The van der Waals surface area contributed by atoms with Crippen LogP contribution in [0.4, 0.5) is 0 Å². The van der Waals surface area contributed by atoms with Crippen LogP contribution in [0.2, 0.25) is 0 Å². The number of fused-ring (bicyclic) bond motifs is 1. The molecule has 106 valence electrons. The summed E-state index contributed by atoms with van der Waals surface area (Å²) in [7, 11) is 0. The van der Waals surface area contributed by atoms with Crippen molar-refractivity contribution in [3.63, 3.8) is 0 Å². The number of hydrogen-bond acceptors (Lipinski definition) is 0. The zero-order valence-electron chi connectivity index (χ0n) is 11.4. The first kappa shape index (κ1) is 25.2. The van der Waals surface area contributed by atoms with Crippen molar-refractivity contribution < 1.29 is 63.4 Å². The molecular formula is C16H17Cl3Zr. The number of allylic oxidation sites excluding steroid dienone is 5. The number of halogens is 3. The summed E-state index contributed by atoms with van der Waals surface area (Å²) in [6, 6.07) is 8.63. The average Bonchev–Trinajstić information content (AvgIpc) is 3.01. The SMILES string of the molecule is CCC1=Cc2ccccc2C1.[C-]1=CC=CC1.[Cl-].[Cl-].[Cl-].[Zr+4]. The molecule has 3 rings (SSSR count). The van der Waals surface area contributed by atoms with Crippen LogP contribution in [0.1, 0.15) is 30.9 Å². The molecule has 0 spiro atoms. The zero-order chi connectivity index (χ0) is 11.2. The monoisotopic (exact) mass is 404 g/mol. The standard InChI is InChI=1S/C11H12.C5H5.3ClH.Zr/c1-2-9-7-10-5-3-4-6-11(10)8-9;1-2-4-5-3-1;;;;/h3-7H,2,8H2,1H3;1-3H,4H2;3*1H;/q;-1;;;;+4/p-3. The molecule has 1 aromatic rings. The maximum absolute atomic E-state index is 2.99. The smallest absolute Gasteiger partial charge is 1.00 e. The van der Waals surface area contributed by atoms with Crippen LogP contribution in [-0.2, 0) is 32.6 Å². The Labute approximate surface area is 160 Å². The van der Waals surface area contributed by atoms with Crippen molar-refractivity contribution in [3.05, 3.63) is 65.3 Å². The number of rotatable bonds is 1. The van der Waals surface area contributed by atoms with E-state index in [-0.39, 0.29) is 63.4 Å². The normalized spacial score (nSPS) is 12.3. The van der Waals surface area contributed by atoms with Crippen LogP contribution in [-0.4, -0.2) is 0 Å². The summed E-state index contributed by atoms with van der Waals surface area (Å²) in [6.07, 6.45) is 14.7. The summed E-state index contributed by atoms with van der Waals surface area (Å²) in [6.45, 7) is 2.22. The van der Waals surface area contributed by atoms with Crippen LogP contribution >= 0.6 is 0 Å². The molecule has 1 aromatic carbocycles. The molecule has 0 nitrogen and oxygen atoms in total. The van der Waals surface area contributed by atoms with Crippen LogP contribution in [0.5, 0.6) is 0 Å². The minimum Gasteiger partial charge on any atom is -1.00 e. The second kappa shape index (κ2) is 14.1. The molecule has 20 heavy (non-hydrogen) atoms. The Kier molecular flexibility index (Phi) is 17.8. The largest absolute Gasteiger partial charge is 4.00 e. The molecule has 0 bridgehead atoms. The first-order valence-electron chi connectivity index (χ1n) is 5.89. The third-order valence-corrected chi connectivity index (χ3v) is 2.87. The van der Waals surface area contributed by atoms with Crippen molar-refractivity contribution in [3.8, 4) is 0 Å². The Hall–Kier alpha value is 0.193. The average molecular weight is 407 g/mol. The first-order valence-corrected chi connectivity index (χ1v) is 5.89. The van der Waals surface area contributed by atoms with Crippen LogP contribution in [0.15, 0.2) is 48.1 Å². The van der Waals surface area contributed by atoms with Crippen LogP contribution < -0.4 is 37.2 Å². The number of benzene rings is 1. The second-order valence-corrected chi connectivity index (χ2v) is 4.03. The van der Waals surface area contributed by atoms with Gasteiger partial charge in [-0.3, -0.25) is 6.08 Å². The summed E-state index contributed by atoms with van der Waals surface area (Å²) >= 11 is 0. The minimum absolute atomic E-state index is 0. The molecule has 0 N–H and O–H groups in total. The summed E-state index contributed by atoms with van der Waals surface area (Å²) < 4.78 is 0. The second-order valence-electron chi connectivity index (χ2n) is 4.03. The summed E-state index contributed by atoms with van der Waals surface area (Å²) in [4.78, 5) is 0. The van der Waals surface area contributed by atoms with Gasteiger partial charge in [-0.05, 0) is 24.0 Å². The quantitative estimate of drug-likeness (QED) is 0.412. The zero-order valence-corrected chi connectivity index (χ0v) is 16.1. The van der Waals surface area contributed by atoms with Crippen molar-refractivity contribution in [2.45, 2.75) is 26.2 Å². The van der Waals surface area contributed by atoms with Gasteiger partial charge in [0.25, 0.3) is 0 Å². The summed E-state index contributed by atoms with van der Waals surface area (Å²) in [5, 5.41) is 0. The van der Waals surface area contributed by atoms with Crippen molar-refractivity contribution in [1.82, 2.24) is 0 Å². The van der Waals surface area contributed by atoms with E-state index in [1.807, 2.05) is 12.2 Å². The van der Waals surface area contributed by atoms with Crippen molar-refractivity contribution >= 4 is 6.08 Å². The van der Waals surface area contributed by atoms with Crippen LogP contribution in [0, 0.1) is 6.08 Å². The van der Waals surface area contributed by atoms with E-state index >= 15 is 0 Å². The fourth-order valence-corrected chi connectivity index (χ4v) is 1.92. The van der Waals surface area contributed by atoms with Gasteiger partial charge in [0, 0.05) is 0 Å². The van der Waals surface area contributed by atoms with Gasteiger partial charge in [0.15, 0.2) is 0 Å². The molecule has 0 fully saturated rings. The van der Waals surface area contributed by atoms with E-state index in [0.29, 0.717) is 0 Å². The molecule has 0 atom stereocenters. The van der Waals surface area contributed by atoms with Crippen LogP contribution in [0.25, 0.3) is 6.08 Å². The van der Waals surface area contributed by atoms with Gasteiger partial charge in [0.2, 0.25) is 0 Å². The van der Waals surface area contributed by atoms with Gasteiger partial charge in [-0.15, -0.1) is 6.42 Å². The summed E-state index contributed by atoms with van der Waals surface area (Å²) in [5.74, 6) is 0. The van der Waals surface area contributed by atoms with E-state index in [0.717, 1.165) is 6.42 Å². The van der Waals surface area contributed by atoms with Crippen molar-refractivity contribution in [2.75, 3.05) is 0 Å². The minimum atomic E-state index is 0. The molecule has 0 amide bonds. The van der Waals surface area contributed by atoms with Crippen molar-refractivity contribution in [1.29, 1.82) is 0 Å². The Morgan fingerprint density at radius 3 is 2.25 bits per heavy atom. The molecule has 0 unspecified atom stereocenters. The Morgan fingerprint density at radius 2 is 1.80 bits per heavy atom. The van der Waals surface area contributed by atoms with E-state index in [9.17, 15) is 0 Å². The molecule has 0 aromatic heterocycles. The first-order chi connectivity index (χ1) is 7.90. The molecule has 0 saturated heterocycles. The Bertz CT molecular complexity index is 441. The Morgan fingerprint density at radius 1 is 1.10 bits per heavy atom. The van der Waals surface area contributed by atoms with E-state index in [4.69, 9.17) is 0 Å². The Balaban J connectivity index is -0.000000283. The third kappa shape index (κ3) is 7.84. The van der Waals surface area contributed by atoms with Crippen molar-refractivity contribution in [2.24, 2.45) is 0 Å². The van der Waals surface area contributed by atoms with Crippen LogP contribution in [0.3, 0.4) is 0 Å².